The summed E-state index contributed by atoms with van der Waals surface area (Å²) in [5.41, 5.74) is -2.67. The Morgan fingerprint density at radius 2 is 0.745 bits per heavy atom. The number of hydrogen-bond acceptors (Lipinski definition) is 34. The average molecular weight is 1750 g/mol. The Morgan fingerprint density at radius 3 is 1.08 bits per heavy atom. The predicted molar refractivity (Wildman–Crippen MR) is 348 cm³/mol. The average Bonchev–Trinajstić information content (AvgIpc) is 1.67. The van der Waals surface area contributed by atoms with E-state index in [4.69, 9.17) is 82.2 Å². The quantitative estimate of drug-likeness (QED) is 0.0189. The molecule has 10 rings (SSSR count). The van der Waals surface area contributed by atoms with Gasteiger partial charge in [0.1, 0.15) is 62.0 Å². The zero-order valence-corrected chi connectivity index (χ0v) is 76.1. The Hall–Kier alpha value is -3.33. The summed E-state index contributed by atoms with van der Waals surface area (Å²) in [6.45, 7) is 2.80. The van der Waals surface area contributed by atoms with Gasteiger partial charge in [0.25, 0.3) is 11.1 Å². The van der Waals surface area contributed by atoms with Crippen LogP contribution >= 0.6 is 69.6 Å². The number of nitrogens with one attached hydrogen (secondary N) is 6. The predicted octanol–water partition coefficient (Wildman–Crippen LogP) is -9.62. The Labute approximate surface area is 762 Å². The molecule has 524 valence electrons. The van der Waals surface area contributed by atoms with Crippen LogP contribution in [0.5, 0.6) is 0 Å². The van der Waals surface area contributed by atoms with Crippen LogP contribution in [0.1, 0.15) is 11.4 Å². The number of aromatic nitrogens is 10. The molecule has 4 aromatic heterocycles. The molecule has 0 saturated heterocycles. The Kier molecular flexibility index (Phi) is 38.6. The van der Waals surface area contributed by atoms with E-state index in [2.05, 4.69) is 87.9 Å². The van der Waals surface area contributed by atoms with Gasteiger partial charge in [-0.1, -0.05) is 58.2 Å². The minimum absolute atomic E-state index is 0. The van der Waals surface area contributed by atoms with Crippen molar-refractivity contribution < 1.29 is 255 Å². The third-order valence-corrected chi connectivity index (χ3v) is 18.3. The standard InChI is InChI=1S/C25H18Cl3N9O10S3.C25H17Cl3N9O7S2.6Na.O3S/c1-11-21(22(38)37(36-11)18-9-16(27)20(10-15(18)26)50(45,46)47)35-34-17-8-13(5-6-19(17)49(42,43)44)30-25-32-23(28)31-24(33-25)29-12-3-2-4-14(7-12)48(39,40)41;1-12-21(22(38)37(36-12)18-10-16(27)20(11-15(18)26)46(42,43)44)35-34-17-9-14(7-8-19(17)45(39,40)41)30-25-32-23(28)31-24(33-25)29-13-5-3-2-4-6-13;;;;;;;1-4(2)3/h2-10,36H,1H3,(H,39,40,41)(H,42,43,44)(H,45,46,47)(H2,29,30,31,32,33);3-11,36H,1H3,(H,39,40,41)(H,42,43,44)(H2,29,30,31,32,33);;;;;;;/q;-1;6*+1;/p-5. The molecule has 106 heavy (non-hydrogen) atoms. The van der Waals surface area contributed by atoms with Crippen LogP contribution in [0.15, 0.2) is 164 Å². The van der Waals surface area contributed by atoms with Crippen LogP contribution in [0.3, 0.4) is 0 Å². The van der Waals surface area contributed by atoms with Gasteiger partial charge in [-0.25, -0.2) is 51.5 Å². The molecule has 56 heteroatoms. The molecular formula is C50H30Cl6N18Na6O20S6. The first kappa shape index (κ1) is 98.7. The van der Waals surface area contributed by atoms with E-state index in [0.717, 1.165) is 76.1 Å². The van der Waals surface area contributed by atoms with Crippen LogP contribution in [0.2, 0.25) is 30.7 Å². The molecule has 0 bridgehead atoms. The van der Waals surface area contributed by atoms with Crippen molar-refractivity contribution in [3.05, 3.63) is 178 Å². The van der Waals surface area contributed by atoms with Crippen molar-refractivity contribution in [3.63, 3.8) is 0 Å². The number of anilines is 8. The van der Waals surface area contributed by atoms with E-state index < -0.39 is 118 Å². The number of benzene rings is 6. The van der Waals surface area contributed by atoms with Crippen molar-refractivity contribution in [1.29, 1.82) is 0 Å². The second kappa shape index (κ2) is 41.4. The summed E-state index contributed by atoms with van der Waals surface area (Å²) in [7, 11) is -28.0. The number of hydrogen-bond donors (Lipinski definition) is 6. The molecule has 0 unspecified atom stereocenters. The van der Waals surface area contributed by atoms with E-state index in [9.17, 15) is 74.4 Å². The first-order valence-electron chi connectivity index (χ1n) is 25.8. The van der Waals surface area contributed by atoms with Crippen molar-refractivity contribution in [2.24, 2.45) is 20.5 Å². The number of aromatic amines is 2. The SMILES string of the molecule is Cc1[nH]n(-c2cc(Cl)c(S(=O)(=O)[O-])cc2Cl)c(=O)c1N=Nc1cc(Nc2nc(Cl)nc(Nc3cc[c-]cc3)n2)ccc1S(=O)(=O)[O-].Cc1[nH]n(-c2cc(Cl)c(S(=O)(=O)[O-])cc2Cl)c(=O)c1N=Nc1cc(Nc2nc(Cl)nc(Nc3cccc(S(=O)(=O)[O-])c3)n2)ccc1S(=O)(=O)[O-].O=S(=O)=O.[Na+].[Na+].[Na+].[Na+].[Na+].[Na+]. The molecule has 0 aliphatic heterocycles. The van der Waals surface area contributed by atoms with E-state index in [1.807, 2.05) is 0 Å². The topological polar surface area (TPSA) is 588 Å². The number of aryl methyl sites for hydroxylation is 2. The summed E-state index contributed by atoms with van der Waals surface area (Å²) >= 11 is 36.2. The smallest absolute Gasteiger partial charge is 0.744 e. The molecule has 0 aliphatic rings. The van der Waals surface area contributed by atoms with Crippen molar-refractivity contribution >= 4 is 200 Å². The summed E-state index contributed by atoms with van der Waals surface area (Å²) < 4.78 is 202. The first-order valence-corrected chi connectivity index (χ1v) is 36.1. The van der Waals surface area contributed by atoms with Crippen LogP contribution in [-0.2, 0) is 61.2 Å². The van der Waals surface area contributed by atoms with Gasteiger partial charge in [-0.2, -0.15) is 48.1 Å². The molecule has 6 N–H and O–H groups in total. The molecule has 0 spiro atoms. The molecule has 0 radical (unpaired) electrons. The maximum absolute atomic E-state index is 13.2. The van der Waals surface area contributed by atoms with Crippen molar-refractivity contribution in [3.8, 4) is 11.4 Å². The summed E-state index contributed by atoms with van der Waals surface area (Å²) in [5.74, 6) is -0.397. The van der Waals surface area contributed by atoms with Crippen LogP contribution in [0, 0.1) is 19.9 Å². The van der Waals surface area contributed by atoms with E-state index >= 15 is 0 Å². The number of rotatable bonds is 19. The van der Waals surface area contributed by atoms with Gasteiger partial charge in [-0.05, 0) is 116 Å². The van der Waals surface area contributed by atoms with Gasteiger partial charge in [0.15, 0.2) is 11.4 Å². The molecule has 0 amide bonds. The minimum Gasteiger partial charge on any atom is -0.744 e. The van der Waals surface area contributed by atoms with Gasteiger partial charge in [-0.3, -0.25) is 19.8 Å². The van der Waals surface area contributed by atoms with Crippen LogP contribution in [0.4, 0.5) is 69.3 Å². The van der Waals surface area contributed by atoms with Gasteiger partial charge in [0.05, 0.1) is 67.3 Å². The number of H-pyrrole nitrogens is 2. The third-order valence-electron chi connectivity index (χ3n) is 12.2. The second-order valence-electron chi connectivity index (χ2n) is 19.0. The first-order chi connectivity index (χ1) is 46.5. The van der Waals surface area contributed by atoms with Crippen molar-refractivity contribution in [2.45, 2.75) is 38.3 Å². The maximum Gasteiger partial charge on any atom is 1.00 e. The van der Waals surface area contributed by atoms with Gasteiger partial charge in [-0.15, -0.1) is 45.2 Å². The monoisotopic (exact) mass is 1740 g/mol. The van der Waals surface area contributed by atoms with Crippen LogP contribution < -0.4 is 210 Å². The zero-order chi connectivity index (χ0) is 73.7. The largest absolute Gasteiger partial charge is 1.00 e. The normalized spacial score (nSPS) is 11.3. The molecular weight excluding hydrogens is 1720 g/mol. The zero-order valence-electron chi connectivity index (χ0n) is 54.6. The molecule has 0 aliphatic carbocycles. The fourth-order valence-electron chi connectivity index (χ4n) is 8.03. The van der Waals surface area contributed by atoms with E-state index in [1.54, 1.807) is 24.3 Å². The molecule has 0 fully saturated rings. The fraction of sp³-hybridized carbons (Fsp3) is 0.0400. The van der Waals surface area contributed by atoms with Crippen molar-refractivity contribution in [2.75, 3.05) is 21.3 Å². The van der Waals surface area contributed by atoms with E-state index in [1.165, 1.54) is 32.0 Å². The van der Waals surface area contributed by atoms with Crippen molar-refractivity contribution in [1.82, 2.24) is 49.5 Å². The summed E-state index contributed by atoms with van der Waals surface area (Å²) in [6, 6.07) is 24.4. The summed E-state index contributed by atoms with van der Waals surface area (Å²) in [4.78, 5) is 46.8. The molecule has 4 heterocycles. The molecule has 6 aromatic carbocycles. The van der Waals surface area contributed by atoms with E-state index in [-0.39, 0.29) is 273 Å². The fourth-order valence-corrected chi connectivity index (χ4v) is 12.7. The second-order valence-corrected chi connectivity index (χ2v) is 28.5. The van der Waals surface area contributed by atoms with Gasteiger partial charge < -0.3 is 44.0 Å². The Balaban J connectivity index is 0.000000652. The molecule has 10 aromatic rings. The maximum atomic E-state index is 13.2. The van der Waals surface area contributed by atoms with Gasteiger partial charge in [0, 0.05) is 17.1 Å². The number of azo groups is 2. The van der Waals surface area contributed by atoms with Crippen LogP contribution in [-0.4, -0.2) is 127 Å². The number of halogens is 6. The van der Waals surface area contributed by atoms with Gasteiger partial charge >= 0.3 is 188 Å². The molecule has 0 saturated carbocycles. The Morgan fingerprint density at radius 1 is 0.415 bits per heavy atom. The molecule has 0 atom stereocenters. The third kappa shape index (κ3) is 26.9. The Bertz CT molecular complexity index is 5890. The summed E-state index contributed by atoms with van der Waals surface area (Å²) in [6.07, 6.45) is 0. The minimum atomic E-state index is -5.14. The summed E-state index contributed by atoms with van der Waals surface area (Å²) in [5, 5.41) is 29.5. The van der Waals surface area contributed by atoms with E-state index in [0.29, 0.717) is 5.69 Å². The molecule has 38 nitrogen and oxygen atoms in total. The van der Waals surface area contributed by atoms with Gasteiger partial charge in [0.2, 0.25) is 34.4 Å². The van der Waals surface area contributed by atoms with Crippen LogP contribution in [0.25, 0.3) is 11.4 Å². The number of nitrogens with zero attached hydrogens (tertiary/aromatic N) is 12.